The molecule has 0 aromatic carbocycles. The summed E-state index contributed by atoms with van der Waals surface area (Å²) in [5, 5.41) is 0. The smallest absolute Gasteiger partial charge is 0.242 e. The Labute approximate surface area is 126 Å². The minimum atomic E-state index is -3.51. The van der Waals surface area contributed by atoms with Crippen molar-refractivity contribution in [2.24, 2.45) is 5.73 Å². The van der Waals surface area contributed by atoms with E-state index in [1.54, 1.807) is 12.3 Å². The first-order valence-corrected chi connectivity index (χ1v) is 8.94. The van der Waals surface area contributed by atoms with Crippen LogP contribution in [0.1, 0.15) is 44.8 Å². The first kappa shape index (κ1) is 16.5. The second kappa shape index (κ2) is 6.91. The van der Waals surface area contributed by atoms with Gasteiger partial charge in [-0.3, -0.25) is 0 Å². The number of rotatable bonds is 6. The van der Waals surface area contributed by atoms with Gasteiger partial charge in [0.1, 0.15) is 0 Å². The lowest BCUT2D eigenvalue weighted by atomic mass is 10.1. The van der Waals surface area contributed by atoms with Gasteiger partial charge in [-0.1, -0.05) is 0 Å². The zero-order chi connectivity index (χ0) is 15.5. The second-order valence-corrected chi connectivity index (χ2v) is 7.48. The number of nitrogens with one attached hydrogen (secondary N) is 1. The van der Waals surface area contributed by atoms with E-state index in [0.29, 0.717) is 19.7 Å². The summed E-state index contributed by atoms with van der Waals surface area (Å²) in [5.41, 5.74) is 6.50. The molecular weight excluding hydrogens is 290 g/mol. The van der Waals surface area contributed by atoms with Crippen molar-refractivity contribution in [2.45, 2.75) is 56.7 Å². The van der Waals surface area contributed by atoms with Crippen molar-refractivity contribution in [3.63, 3.8) is 0 Å². The average molecular weight is 315 g/mol. The zero-order valence-electron chi connectivity index (χ0n) is 12.7. The molecule has 1 saturated heterocycles. The normalized spacial score (nSPS) is 20.1. The molecule has 120 valence electrons. The maximum absolute atomic E-state index is 12.4. The Morgan fingerprint density at radius 3 is 2.76 bits per heavy atom. The molecule has 1 aromatic rings. The van der Waals surface area contributed by atoms with Crippen LogP contribution in [0.3, 0.4) is 0 Å². The fourth-order valence-corrected chi connectivity index (χ4v) is 3.66. The molecule has 0 amide bonds. The van der Waals surface area contributed by atoms with Crippen LogP contribution in [0.25, 0.3) is 0 Å². The van der Waals surface area contributed by atoms with Crippen LogP contribution in [-0.4, -0.2) is 32.2 Å². The highest BCUT2D eigenvalue weighted by molar-refractivity contribution is 7.89. The quantitative estimate of drug-likeness (QED) is 0.830. The van der Waals surface area contributed by atoms with E-state index in [-0.39, 0.29) is 17.0 Å². The Kier molecular flexibility index (Phi) is 5.43. The fourth-order valence-electron chi connectivity index (χ4n) is 2.54. The Balaban J connectivity index is 2.08. The molecule has 0 bridgehead atoms. The fraction of sp³-hybridized carbons (Fsp3) is 0.714. The Hall–Kier alpha value is -0.890. The lowest BCUT2D eigenvalue weighted by Crippen LogP contribution is -2.35. The summed E-state index contributed by atoms with van der Waals surface area (Å²) in [7, 11) is -3.51. The molecule has 0 aliphatic carbocycles. The van der Waals surface area contributed by atoms with E-state index in [2.05, 4.69) is 4.72 Å². The van der Waals surface area contributed by atoms with Crippen molar-refractivity contribution >= 4 is 10.0 Å². The molecule has 0 radical (unpaired) electrons. The van der Waals surface area contributed by atoms with E-state index >= 15 is 0 Å². The van der Waals surface area contributed by atoms with Crippen LogP contribution in [0.4, 0.5) is 0 Å². The van der Waals surface area contributed by atoms with Gasteiger partial charge in [-0.05, 0) is 39.2 Å². The van der Waals surface area contributed by atoms with Gasteiger partial charge in [0.05, 0.1) is 11.0 Å². The molecule has 1 aromatic heterocycles. The monoisotopic (exact) mass is 315 g/mol. The minimum absolute atomic E-state index is 0.0188. The third-order valence-electron chi connectivity index (χ3n) is 3.76. The van der Waals surface area contributed by atoms with E-state index in [9.17, 15) is 8.42 Å². The summed E-state index contributed by atoms with van der Waals surface area (Å²) in [5.74, 6) is 0. The summed E-state index contributed by atoms with van der Waals surface area (Å²) in [6.45, 7) is 5.36. The van der Waals surface area contributed by atoms with Crippen LogP contribution >= 0.6 is 0 Å². The van der Waals surface area contributed by atoms with Crippen LogP contribution in [0.15, 0.2) is 17.2 Å². The second-order valence-electron chi connectivity index (χ2n) is 5.71. The largest absolute Gasteiger partial charge is 0.377 e. The van der Waals surface area contributed by atoms with Gasteiger partial charge in [0, 0.05) is 37.6 Å². The summed E-state index contributed by atoms with van der Waals surface area (Å²) in [4.78, 5) is 0.271. The van der Waals surface area contributed by atoms with Crippen molar-refractivity contribution < 1.29 is 13.2 Å². The van der Waals surface area contributed by atoms with E-state index < -0.39 is 10.0 Å². The van der Waals surface area contributed by atoms with Crippen molar-refractivity contribution in [3.8, 4) is 0 Å². The molecule has 2 heterocycles. The van der Waals surface area contributed by atoms with Crippen molar-refractivity contribution in [3.05, 3.63) is 18.0 Å². The Morgan fingerprint density at radius 1 is 1.48 bits per heavy atom. The van der Waals surface area contributed by atoms with Crippen molar-refractivity contribution in [2.75, 3.05) is 13.2 Å². The number of ether oxygens (including phenoxy) is 1. The van der Waals surface area contributed by atoms with Crippen LogP contribution in [0.5, 0.6) is 0 Å². The van der Waals surface area contributed by atoms with E-state index in [1.165, 1.54) is 0 Å². The highest BCUT2D eigenvalue weighted by atomic mass is 32.2. The van der Waals surface area contributed by atoms with Crippen molar-refractivity contribution in [1.82, 2.24) is 9.29 Å². The molecular formula is C14H25N3O3S. The predicted molar refractivity (Wildman–Crippen MR) is 81.5 cm³/mol. The lowest BCUT2D eigenvalue weighted by Gasteiger charge is -2.22. The average Bonchev–Trinajstić information content (AvgIpc) is 2.92. The molecule has 7 heteroatoms. The molecule has 3 N–H and O–H groups in total. The van der Waals surface area contributed by atoms with E-state index in [0.717, 1.165) is 25.0 Å². The topological polar surface area (TPSA) is 86.3 Å². The number of nitrogens with two attached hydrogens (primary N) is 1. The maximum atomic E-state index is 12.4. The molecule has 0 spiro atoms. The van der Waals surface area contributed by atoms with Crippen LogP contribution in [0.2, 0.25) is 0 Å². The lowest BCUT2D eigenvalue weighted by molar-refractivity contribution is 0.0200. The van der Waals surface area contributed by atoms with Gasteiger partial charge in [-0.15, -0.1) is 0 Å². The summed E-state index contributed by atoms with van der Waals surface area (Å²) >= 11 is 0. The highest BCUT2D eigenvalue weighted by Gasteiger charge is 2.21. The Bertz CT molecular complexity index is 560. The van der Waals surface area contributed by atoms with Gasteiger partial charge in [0.15, 0.2) is 0 Å². The summed E-state index contributed by atoms with van der Waals surface area (Å²) in [6, 6.07) is 1.82. The van der Waals surface area contributed by atoms with Crippen LogP contribution in [0, 0.1) is 0 Å². The molecule has 2 rings (SSSR count). The molecule has 1 fully saturated rings. The molecule has 21 heavy (non-hydrogen) atoms. The molecule has 1 aliphatic heterocycles. The standard InChI is InChI=1S/C14H25N3O3S/c1-11(2)17-10-14(7-12(17)8-15)21(18,19)16-9-13-5-3-4-6-20-13/h7,10-11,13,16H,3-6,8-9,15H2,1-2H3. The zero-order valence-corrected chi connectivity index (χ0v) is 13.5. The summed E-state index contributed by atoms with van der Waals surface area (Å²) in [6.07, 6.45) is 4.68. The number of sulfonamides is 1. The number of nitrogens with zero attached hydrogens (tertiary/aromatic N) is 1. The number of aromatic nitrogens is 1. The van der Waals surface area contributed by atoms with Gasteiger partial charge in [-0.25, -0.2) is 13.1 Å². The molecule has 1 unspecified atom stereocenters. The Morgan fingerprint density at radius 2 is 2.24 bits per heavy atom. The van der Waals surface area contributed by atoms with Crippen LogP contribution in [-0.2, 0) is 21.3 Å². The minimum Gasteiger partial charge on any atom is -0.377 e. The number of hydrogen-bond acceptors (Lipinski definition) is 4. The van der Waals surface area contributed by atoms with Gasteiger partial charge >= 0.3 is 0 Å². The maximum Gasteiger partial charge on any atom is 0.242 e. The third kappa shape index (κ3) is 4.06. The highest BCUT2D eigenvalue weighted by Crippen LogP contribution is 2.19. The first-order valence-electron chi connectivity index (χ1n) is 7.46. The van der Waals surface area contributed by atoms with E-state index in [4.69, 9.17) is 10.5 Å². The molecule has 1 atom stereocenters. The molecule has 0 saturated carbocycles. The van der Waals surface area contributed by atoms with Gasteiger partial charge in [0.25, 0.3) is 0 Å². The first-order chi connectivity index (χ1) is 9.94. The van der Waals surface area contributed by atoms with Gasteiger partial charge < -0.3 is 15.0 Å². The van der Waals surface area contributed by atoms with E-state index in [1.807, 2.05) is 18.4 Å². The van der Waals surface area contributed by atoms with Gasteiger partial charge in [0.2, 0.25) is 10.0 Å². The third-order valence-corrected chi connectivity index (χ3v) is 5.15. The predicted octanol–water partition coefficient (Wildman–Crippen LogP) is 1.38. The molecule has 1 aliphatic rings. The summed E-state index contributed by atoms with van der Waals surface area (Å²) < 4.78 is 34.8. The number of hydrogen-bond donors (Lipinski definition) is 2. The van der Waals surface area contributed by atoms with Crippen molar-refractivity contribution in [1.29, 1.82) is 0 Å². The SMILES string of the molecule is CC(C)n1cc(S(=O)(=O)NCC2CCCCO2)cc1CN. The van der Waals surface area contributed by atoms with Crippen LogP contribution < -0.4 is 10.5 Å². The molecule has 6 nitrogen and oxygen atoms in total. The van der Waals surface area contributed by atoms with Gasteiger partial charge in [-0.2, -0.15) is 0 Å².